The van der Waals surface area contributed by atoms with Gasteiger partial charge >= 0.3 is 6.61 Å². The van der Waals surface area contributed by atoms with Crippen LogP contribution < -0.4 is 4.74 Å². The van der Waals surface area contributed by atoms with E-state index in [0.29, 0.717) is 6.10 Å². The second kappa shape index (κ2) is 6.99. The van der Waals surface area contributed by atoms with Gasteiger partial charge in [0, 0.05) is 19.2 Å². The number of rotatable bonds is 6. The van der Waals surface area contributed by atoms with Gasteiger partial charge in [-0.25, -0.2) is 0 Å². The molecule has 1 aliphatic rings. The fourth-order valence-corrected chi connectivity index (χ4v) is 2.45. The molecule has 1 fully saturated rings. The lowest BCUT2D eigenvalue weighted by atomic mass is 10.1. The van der Waals surface area contributed by atoms with Crippen molar-refractivity contribution in [2.75, 3.05) is 20.2 Å². The molecule has 0 spiro atoms. The highest BCUT2D eigenvalue weighted by atomic mass is 19.3. The molecule has 3 nitrogen and oxygen atoms in total. The van der Waals surface area contributed by atoms with Crippen LogP contribution in [0.25, 0.3) is 0 Å². The zero-order chi connectivity index (χ0) is 14.5. The molecule has 0 N–H and O–H groups in total. The summed E-state index contributed by atoms with van der Waals surface area (Å²) in [6.07, 6.45) is 2.55. The Morgan fingerprint density at radius 2 is 2.05 bits per heavy atom. The maximum absolute atomic E-state index is 12.1. The monoisotopic (exact) mass is 285 g/mol. The van der Waals surface area contributed by atoms with E-state index in [9.17, 15) is 8.78 Å². The third-order valence-electron chi connectivity index (χ3n) is 3.76. The molecule has 1 aliphatic heterocycles. The summed E-state index contributed by atoms with van der Waals surface area (Å²) in [5.41, 5.74) is 1.08. The average molecular weight is 285 g/mol. The number of likely N-dealkylation sites (N-methyl/N-ethyl adjacent to an activating group) is 1. The standard InChI is InChI=1S/C15H21F2NO2/c1-11(18(2)10-14-4-3-9-19-14)12-5-7-13(8-6-12)20-15(16)17/h5-8,11,14-15H,3-4,9-10H2,1-2H3/t11-,14+/m1/s1. The Balaban J connectivity index is 1.91. The zero-order valence-electron chi connectivity index (χ0n) is 11.9. The van der Waals surface area contributed by atoms with E-state index in [1.54, 1.807) is 12.1 Å². The van der Waals surface area contributed by atoms with Crippen LogP contribution >= 0.6 is 0 Å². The van der Waals surface area contributed by atoms with E-state index in [1.807, 2.05) is 12.1 Å². The van der Waals surface area contributed by atoms with Gasteiger partial charge in [0.2, 0.25) is 0 Å². The van der Waals surface area contributed by atoms with Crippen molar-refractivity contribution in [2.24, 2.45) is 0 Å². The van der Waals surface area contributed by atoms with E-state index in [-0.39, 0.29) is 11.8 Å². The summed E-state index contributed by atoms with van der Waals surface area (Å²) in [5, 5.41) is 0. The van der Waals surface area contributed by atoms with Crippen molar-refractivity contribution in [3.63, 3.8) is 0 Å². The lowest BCUT2D eigenvalue weighted by Gasteiger charge is -2.27. The SMILES string of the molecule is C[C@H](c1ccc(OC(F)F)cc1)N(C)C[C@@H]1CCCO1. The van der Waals surface area contributed by atoms with E-state index in [1.165, 1.54) is 0 Å². The molecule has 112 valence electrons. The van der Waals surface area contributed by atoms with Crippen molar-refractivity contribution in [1.82, 2.24) is 4.90 Å². The Bertz CT molecular complexity index is 405. The summed E-state index contributed by atoms with van der Waals surface area (Å²) < 4.78 is 34.2. The van der Waals surface area contributed by atoms with E-state index in [2.05, 4.69) is 23.6 Å². The summed E-state index contributed by atoms with van der Waals surface area (Å²) in [5.74, 6) is 0.192. The first-order valence-electron chi connectivity index (χ1n) is 6.93. The molecule has 2 rings (SSSR count). The molecule has 0 unspecified atom stereocenters. The quantitative estimate of drug-likeness (QED) is 0.799. The van der Waals surface area contributed by atoms with Crippen LogP contribution in [0.1, 0.15) is 31.4 Å². The highest BCUT2D eigenvalue weighted by Crippen LogP contribution is 2.24. The zero-order valence-corrected chi connectivity index (χ0v) is 11.9. The smallest absolute Gasteiger partial charge is 0.387 e. The molecule has 0 bridgehead atoms. The number of benzene rings is 1. The van der Waals surface area contributed by atoms with Crippen LogP contribution in [0.5, 0.6) is 5.75 Å². The summed E-state index contributed by atoms with van der Waals surface area (Å²) in [6, 6.07) is 7.03. The molecule has 5 heteroatoms. The highest BCUT2D eigenvalue weighted by molar-refractivity contribution is 5.29. The van der Waals surface area contributed by atoms with Crippen LogP contribution in [0.4, 0.5) is 8.78 Å². The van der Waals surface area contributed by atoms with Crippen molar-refractivity contribution in [2.45, 2.75) is 38.5 Å². The van der Waals surface area contributed by atoms with Gasteiger partial charge in [0.25, 0.3) is 0 Å². The van der Waals surface area contributed by atoms with Crippen LogP contribution in [-0.2, 0) is 4.74 Å². The molecule has 2 atom stereocenters. The first kappa shape index (κ1) is 15.2. The molecule has 1 aromatic carbocycles. The van der Waals surface area contributed by atoms with Gasteiger partial charge in [0.05, 0.1) is 6.10 Å². The molecule has 0 aliphatic carbocycles. The van der Waals surface area contributed by atoms with Crippen molar-refractivity contribution in [3.05, 3.63) is 29.8 Å². The van der Waals surface area contributed by atoms with Crippen LogP contribution in [0, 0.1) is 0 Å². The predicted molar refractivity (Wildman–Crippen MR) is 73.1 cm³/mol. The fraction of sp³-hybridized carbons (Fsp3) is 0.600. The Hall–Kier alpha value is -1.20. The van der Waals surface area contributed by atoms with Gasteiger partial charge < -0.3 is 9.47 Å². The molecule has 0 radical (unpaired) electrons. The number of ether oxygens (including phenoxy) is 2. The van der Waals surface area contributed by atoms with E-state index in [4.69, 9.17) is 4.74 Å². The normalized spacial score (nSPS) is 20.6. The van der Waals surface area contributed by atoms with E-state index < -0.39 is 6.61 Å². The Kier molecular flexibility index (Phi) is 5.31. The number of hydrogen-bond acceptors (Lipinski definition) is 3. The largest absolute Gasteiger partial charge is 0.435 e. The first-order chi connectivity index (χ1) is 9.56. The van der Waals surface area contributed by atoms with Gasteiger partial charge in [-0.1, -0.05) is 12.1 Å². The van der Waals surface area contributed by atoms with E-state index >= 15 is 0 Å². The molecule has 20 heavy (non-hydrogen) atoms. The Labute approximate surface area is 118 Å². The second-order valence-corrected chi connectivity index (χ2v) is 5.20. The van der Waals surface area contributed by atoms with Gasteiger partial charge in [-0.3, -0.25) is 4.90 Å². The van der Waals surface area contributed by atoms with Gasteiger partial charge in [-0.2, -0.15) is 8.78 Å². The van der Waals surface area contributed by atoms with Gasteiger partial charge in [0.1, 0.15) is 5.75 Å². The molecule has 1 aromatic rings. The molecule has 1 saturated heterocycles. The third-order valence-corrected chi connectivity index (χ3v) is 3.76. The Morgan fingerprint density at radius 1 is 1.35 bits per heavy atom. The van der Waals surface area contributed by atoms with Crippen LogP contribution in [0.15, 0.2) is 24.3 Å². The van der Waals surface area contributed by atoms with Crippen LogP contribution in [-0.4, -0.2) is 37.8 Å². The minimum atomic E-state index is -2.78. The number of halogens is 2. The Morgan fingerprint density at radius 3 is 2.60 bits per heavy atom. The molecular weight excluding hydrogens is 264 g/mol. The highest BCUT2D eigenvalue weighted by Gasteiger charge is 2.20. The molecule has 0 saturated carbocycles. The summed E-state index contributed by atoms with van der Waals surface area (Å²) in [4.78, 5) is 2.22. The second-order valence-electron chi connectivity index (χ2n) is 5.20. The molecule has 0 aromatic heterocycles. The van der Waals surface area contributed by atoms with Crippen molar-refractivity contribution >= 4 is 0 Å². The van der Waals surface area contributed by atoms with E-state index in [0.717, 1.165) is 31.6 Å². The minimum absolute atomic E-state index is 0.192. The van der Waals surface area contributed by atoms with Crippen LogP contribution in [0.2, 0.25) is 0 Å². The molecular formula is C15H21F2NO2. The van der Waals surface area contributed by atoms with Gasteiger partial charge in [-0.05, 0) is 44.5 Å². The van der Waals surface area contributed by atoms with Crippen molar-refractivity contribution in [3.8, 4) is 5.75 Å². The average Bonchev–Trinajstić information content (AvgIpc) is 2.91. The maximum Gasteiger partial charge on any atom is 0.387 e. The summed E-state index contributed by atoms with van der Waals surface area (Å²) >= 11 is 0. The lowest BCUT2D eigenvalue weighted by Crippen LogP contribution is -2.31. The lowest BCUT2D eigenvalue weighted by molar-refractivity contribution is -0.0498. The topological polar surface area (TPSA) is 21.7 Å². The molecule has 0 amide bonds. The number of alkyl halides is 2. The first-order valence-corrected chi connectivity index (χ1v) is 6.93. The molecule has 1 heterocycles. The number of nitrogens with zero attached hydrogens (tertiary/aromatic N) is 1. The third kappa shape index (κ3) is 4.15. The maximum atomic E-state index is 12.1. The summed E-state index contributed by atoms with van der Waals surface area (Å²) in [7, 11) is 2.05. The van der Waals surface area contributed by atoms with Crippen molar-refractivity contribution in [1.29, 1.82) is 0 Å². The predicted octanol–water partition coefficient (Wildman–Crippen LogP) is 3.46. The van der Waals surface area contributed by atoms with Crippen molar-refractivity contribution < 1.29 is 18.3 Å². The summed E-state index contributed by atoms with van der Waals surface area (Å²) in [6.45, 7) is 1.06. The number of hydrogen-bond donors (Lipinski definition) is 0. The minimum Gasteiger partial charge on any atom is -0.435 e. The van der Waals surface area contributed by atoms with Gasteiger partial charge in [-0.15, -0.1) is 0 Å². The van der Waals surface area contributed by atoms with Crippen LogP contribution in [0.3, 0.4) is 0 Å². The van der Waals surface area contributed by atoms with Gasteiger partial charge in [0.15, 0.2) is 0 Å². The fourth-order valence-electron chi connectivity index (χ4n) is 2.45.